The molecule has 1 aliphatic rings. The van der Waals surface area contributed by atoms with Crippen LogP contribution in [0.25, 0.3) is 6.08 Å². The van der Waals surface area contributed by atoms with E-state index in [9.17, 15) is 9.59 Å². The van der Waals surface area contributed by atoms with Crippen LogP contribution < -0.4 is 9.47 Å². The maximum absolute atomic E-state index is 12.6. The number of hydrogen-bond acceptors (Lipinski definition) is 5. The molecule has 0 N–H and O–H groups in total. The molecule has 0 aliphatic carbocycles. The molecule has 0 bridgehead atoms. The Balaban J connectivity index is 1.65. The van der Waals surface area contributed by atoms with Crippen LogP contribution in [0.2, 0.25) is 0 Å². The van der Waals surface area contributed by atoms with E-state index >= 15 is 0 Å². The second-order valence-corrected chi connectivity index (χ2v) is 6.62. The zero-order valence-corrected chi connectivity index (χ0v) is 16.2. The number of rotatable bonds is 8. The highest BCUT2D eigenvalue weighted by Gasteiger charge is 2.28. The van der Waals surface area contributed by atoms with E-state index in [1.165, 1.54) is 32.4 Å². The van der Waals surface area contributed by atoms with Gasteiger partial charge in [-0.3, -0.25) is 4.79 Å². The van der Waals surface area contributed by atoms with Crippen LogP contribution in [0.1, 0.15) is 58.9 Å². The molecule has 5 nitrogen and oxygen atoms in total. The molecule has 0 amide bonds. The zero-order valence-electron chi connectivity index (χ0n) is 16.2. The molecule has 0 saturated heterocycles. The average molecular weight is 380 g/mol. The lowest BCUT2D eigenvalue weighted by atomic mass is 10.1. The van der Waals surface area contributed by atoms with Gasteiger partial charge in [-0.2, -0.15) is 0 Å². The molecule has 0 aromatic heterocycles. The van der Waals surface area contributed by atoms with Gasteiger partial charge in [0.2, 0.25) is 5.78 Å². The van der Waals surface area contributed by atoms with E-state index in [1.54, 1.807) is 18.2 Å². The van der Waals surface area contributed by atoms with E-state index in [1.807, 2.05) is 24.3 Å². The van der Waals surface area contributed by atoms with Gasteiger partial charge in [-0.05, 0) is 48.4 Å². The minimum absolute atomic E-state index is 0.227. The Morgan fingerprint density at radius 1 is 1.07 bits per heavy atom. The zero-order chi connectivity index (χ0) is 19.9. The smallest absolute Gasteiger partial charge is 0.337 e. The number of methoxy groups -OCH3 is 1. The van der Waals surface area contributed by atoms with E-state index in [2.05, 4.69) is 6.92 Å². The molecule has 1 heterocycles. The predicted octanol–water partition coefficient (Wildman–Crippen LogP) is 5.05. The highest BCUT2D eigenvalue weighted by Crippen LogP contribution is 2.33. The fourth-order valence-electron chi connectivity index (χ4n) is 2.96. The number of ether oxygens (including phenoxy) is 3. The van der Waals surface area contributed by atoms with Gasteiger partial charge in [-0.15, -0.1) is 0 Å². The molecule has 0 saturated carbocycles. The topological polar surface area (TPSA) is 61.8 Å². The first-order valence-corrected chi connectivity index (χ1v) is 9.52. The van der Waals surface area contributed by atoms with Gasteiger partial charge < -0.3 is 14.2 Å². The summed E-state index contributed by atoms with van der Waals surface area (Å²) in [6.07, 6.45) is 6.35. The lowest BCUT2D eigenvalue weighted by Crippen LogP contribution is -2.03. The van der Waals surface area contributed by atoms with Crippen LogP contribution in [-0.4, -0.2) is 25.5 Å². The summed E-state index contributed by atoms with van der Waals surface area (Å²) in [5.41, 5.74) is 1.52. The van der Waals surface area contributed by atoms with Crippen molar-refractivity contribution in [3.8, 4) is 11.5 Å². The first kappa shape index (κ1) is 19.7. The third-order valence-electron chi connectivity index (χ3n) is 4.53. The summed E-state index contributed by atoms with van der Waals surface area (Å²) in [7, 11) is 1.30. The third kappa shape index (κ3) is 4.60. The summed E-state index contributed by atoms with van der Waals surface area (Å²) < 4.78 is 16.1. The molecule has 0 spiro atoms. The van der Waals surface area contributed by atoms with Crippen LogP contribution in [-0.2, 0) is 4.74 Å². The molecule has 28 heavy (non-hydrogen) atoms. The Hall–Kier alpha value is -3.08. The monoisotopic (exact) mass is 380 g/mol. The van der Waals surface area contributed by atoms with Crippen molar-refractivity contribution in [2.45, 2.75) is 32.6 Å². The molecule has 2 aromatic rings. The van der Waals surface area contributed by atoms with Crippen molar-refractivity contribution in [1.82, 2.24) is 0 Å². The molecule has 3 rings (SSSR count). The van der Waals surface area contributed by atoms with E-state index in [0.717, 1.165) is 17.7 Å². The molecule has 0 radical (unpaired) electrons. The Labute approximate surface area is 164 Å². The summed E-state index contributed by atoms with van der Waals surface area (Å²) in [5.74, 6) is 0.736. The van der Waals surface area contributed by atoms with Crippen molar-refractivity contribution >= 4 is 17.8 Å². The number of carbonyl (C=O) groups is 2. The largest absolute Gasteiger partial charge is 0.494 e. The normalized spacial score (nSPS) is 13.9. The first-order chi connectivity index (χ1) is 13.6. The van der Waals surface area contributed by atoms with Crippen LogP contribution in [0.5, 0.6) is 11.5 Å². The Bertz CT molecular complexity index is 880. The third-order valence-corrected chi connectivity index (χ3v) is 4.53. The maximum atomic E-state index is 12.6. The van der Waals surface area contributed by atoms with Crippen molar-refractivity contribution in [2.24, 2.45) is 0 Å². The minimum Gasteiger partial charge on any atom is -0.494 e. The van der Waals surface area contributed by atoms with Crippen LogP contribution in [0, 0.1) is 0 Å². The number of hydrogen-bond donors (Lipinski definition) is 0. The quantitative estimate of drug-likeness (QED) is 0.364. The number of Topliss-reactive ketones (excluding diaryl/α,β-unsaturated/α-hetero) is 1. The van der Waals surface area contributed by atoms with Gasteiger partial charge in [0.25, 0.3) is 0 Å². The molecule has 146 valence electrons. The number of unbranched alkanes of at least 4 members (excludes halogenated alkanes) is 3. The van der Waals surface area contributed by atoms with Crippen LogP contribution in [0.3, 0.4) is 0 Å². The molecule has 0 unspecified atom stereocenters. The Kier molecular flexibility index (Phi) is 6.48. The van der Waals surface area contributed by atoms with Gasteiger partial charge in [0.15, 0.2) is 5.76 Å². The lowest BCUT2D eigenvalue weighted by molar-refractivity contribution is 0.0600. The molecule has 0 fully saturated rings. The summed E-state index contributed by atoms with van der Waals surface area (Å²) in [6, 6.07) is 12.2. The summed E-state index contributed by atoms with van der Waals surface area (Å²) in [4.78, 5) is 24.2. The van der Waals surface area contributed by atoms with Crippen molar-refractivity contribution in [2.75, 3.05) is 13.7 Å². The average Bonchev–Trinajstić information content (AvgIpc) is 3.03. The van der Waals surface area contributed by atoms with Crippen molar-refractivity contribution in [1.29, 1.82) is 0 Å². The van der Waals surface area contributed by atoms with E-state index in [-0.39, 0.29) is 11.5 Å². The number of ketones is 1. The fraction of sp³-hybridized carbons (Fsp3) is 0.304. The first-order valence-electron chi connectivity index (χ1n) is 9.52. The van der Waals surface area contributed by atoms with Gasteiger partial charge >= 0.3 is 5.97 Å². The van der Waals surface area contributed by atoms with Crippen molar-refractivity contribution in [3.05, 3.63) is 64.9 Å². The van der Waals surface area contributed by atoms with Crippen molar-refractivity contribution in [3.63, 3.8) is 0 Å². The van der Waals surface area contributed by atoms with Gasteiger partial charge in [0.05, 0.1) is 24.8 Å². The van der Waals surface area contributed by atoms with E-state index in [4.69, 9.17) is 14.2 Å². The number of fused-ring (bicyclic) bond motifs is 1. The van der Waals surface area contributed by atoms with Crippen LogP contribution >= 0.6 is 0 Å². The standard InChI is InChI=1S/C23H24O5/c1-3-4-5-6-13-27-18-10-7-16(8-11-18)14-21-22(24)19-15-17(23(25)26-2)9-12-20(19)28-21/h7-12,14-15H,3-6,13H2,1-2H3/b21-14-. The second kappa shape index (κ2) is 9.22. The Morgan fingerprint density at radius 2 is 1.86 bits per heavy atom. The predicted molar refractivity (Wildman–Crippen MR) is 107 cm³/mol. The van der Waals surface area contributed by atoms with Gasteiger partial charge in [0.1, 0.15) is 11.5 Å². The summed E-state index contributed by atoms with van der Waals surface area (Å²) in [5, 5.41) is 0. The lowest BCUT2D eigenvalue weighted by Gasteiger charge is -2.06. The van der Waals surface area contributed by atoms with Gasteiger partial charge in [-0.25, -0.2) is 4.79 Å². The van der Waals surface area contributed by atoms with Crippen LogP contribution in [0.15, 0.2) is 48.2 Å². The molecule has 1 aliphatic heterocycles. The van der Waals surface area contributed by atoms with Gasteiger partial charge in [0, 0.05) is 0 Å². The number of esters is 1. The molecular weight excluding hydrogens is 356 g/mol. The van der Waals surface area contributed by atoms with Gasteiger partial charge in [-0.1, -0.05) is 38.3 Å². The second-order valence-electron chi connectivity index (χ2n) is 6.62. The fourth-order valence-corrected chi connectivity index (χ4v) is 2.96. The SMILES string of the molecule is CCCCCCOc1ccc(/C=C2\Oc3ccc(C(=O)OC)cc3C2=O)cc1. The highest BCUT2D eigenvalue weighted by atomic mass is 16.5. The molecule has 5 heteroatoms. The van der Waals surface area contributed by atoms with Crippen molar-refractivity contribution < 1.29 is 23.8 Å². The van der Waals surface area contributed by atoms with E-state index < -0.39 is 5.97 Å². The number of carbonyl (C=O) groups excluding carboxylic acids is 2. The number of allylic oxidation sites excluding steroid dienone is 1. The summed E-state index contributed by atoms with van der Waals surface area (Å²) >= 11 is 0. The van der Waals surface area contributed by atoms with Crippen LogP contribution in [0.4, 0.5) is 0 Å². The Morgan fingerprint density at radius 3 is 2.57 bits per heavy atom. The maximum Gasteiger partial charge on any atom is 0.337 e. The number of benzene rings is 2. The van der Waals surface area contributed by atoms with E-state index in [0.29, 0.717) is 23.5 Å². The highest BCUT2D eigenvalue weighted by molar-refractivity contribution is 6.15. The molecule has 2 aromatic carbocycles. The molecular formula is C23H24O5. The molecule has 0 atom stereocenters. The minimum atomic E-state index is -0.488. The summed E-state index contributed by atoms with van der Waals surface area (Å²) in [6.45, 7) is 2.89.